The van der Waals surface area contributed by atoms with Gasteiger partial charge in [0.15, 0.2) is 0 Å². The Bertz CT molecular complexity index is 1210. The standard InChI is InChI=1S/C31H35N3O2S/c1-3-10-25(11-4-2)23-34-27-12-5-6-13-28(27)37-29(31(34)36)22-24-14-16-26(17-15-24)30(35)32-18-9-21-33-19-7-8-20-33/h3-6,10-17,22H,1,7-9,18-21,23H2,2H3,(H,32,35)/b11-4+,25-10+,29-22-. The van der Waals surface area contributed by atoms with Crippen LogP contribution in [0.25, 0.3) is 6.08 Å². The number of nitrogens with zero attached hydrogens (tertiary/aromatic N) is 2. The third-order valence-electron chi connectivity index (χ3n) is 6.49. The van der Waals surface area contributed by atoms with Crippen molar-refractivity contribution in [2.45, 2.75) is 31.1 Å². The predicted molar refractivity (Wildman–Crippen MR) is 155 cm³/mol. The van der Waals surface area contributed by atoms with Crippen molar-refractivity contribution in [1.29, 1.82) is 0 Å². The van der Waals surface area contributed by atoms with Crippen LogP contribution in [0.2, 0.25) is 0 Å². The largest absolute Gasteiger partial charge is 0.352 e. The van der Waals surface area contributed by atoms with Gasteiger partial charge in [-0.1, -0.05) is 66.9 Å². The molecule has 1 fully saturated rings. The number of amides is 2. The van der Waals surface area contributed by atoms with Gasteiger partial charge in [-0.15, -0.1) is 0 Å². The van der Waals surface area contributed by atoms with Crippen LogP contribution in [0, 0.1) is 0 Å². The molecule has 0 saturated carbocycles. The van der Waals surface area contributed by atoms with Gasteiger partial charge < -0.3 is 15.1 Å². The number of carbonyl (C=O) groups is 2. The minimum atomic E-state index is -0.0608. The van der Waals surface area contributed by atoms with Gasteiger partial charge in [0.1, 0.15) is 0 Å². The van der Waals surface area contributed by atoms with Crippen molar-refractivity contribution >= 4 is 35.3 Å². The van der Waals surface area contributed by atoms with Crippen LogP contribution in [0.15, 0.2) is 94.8 Å². The molecule has 0 spiro atoms. The molecule has 2 aromatic rings. The number of nitrogens with one attached hydrogen (secondary N) is 1. The Morgan fingerprint density at radius 2 is 1.86 bits per heavy atom. The number of anilines is 1. The molecule has 2 heterocycles. The zero-order valence-corrected chi connectivity index (χ0v) is 22.3. The maximum Gasteiger partial charge on any atom is 0.265 e. The third kappa shape index (κ3) is 7.12. The molecule has 0 bridgehead atoms. The minimum absolute atomic E-state index is 0.0389. The van der Waals surface area contributed by atoms with Gasteiger partial charge in [0.05, 0.1) is 17.1 Å². The summed E-state index contributed by atoms with van der Waals surface area (Å²) >= 11 is 1.48. The maximum absolute atomic E-state index is 13.5. The summed E-state index contributed by atoms with van der Waals surface area (Å²) in [6, 6.07) is 15.4. The summed E-state index contributed by atoms with van der Waals surface area (Å²) in [5.41, 5.74) is 3.42. The topological polar surface area (TPSA) is 52.7 Å². The SMILES string of the molecule is C=C/C=C(\C=C\C)CN1C(=O)/C(=C/c2ccc(C(=O)NCCCN3CCCC3)cc2)Sc2ccccc21. The molecule has 37 heavy (non-hydrogen) atoms. The molecule has 0 radical (unpaired) electrons. The lowest BCUT2D eigenvalue weighted by atomic mass is 10.1. The summed E-state index contributed by atoms with van der Waals surface area (Å²) in [6.07, 6.45) is 13.1. The van der Waals surface area contributed by atoms with Crippen LogP contribution in [0.1, 0.15) is 42.1 Å². The van der Waals surface area contributed by atoms with Gasteiger partial charge in [-0.3, -0.25) is 9.59 Å². The average Bonchev–Trinajstić information content (AvgIpc) is 3.43. The molecule has 0 aromatic heterocycles. The van der Waals surface area contributed by atoms with Crippen molar-refractivity contribution < 1.29 is 9.59 Å². The Morgan fingerprint density at radius 1 is 1.11 bits per heavy atom. The van der Waals surface area contributed by atoms with Crippen molar-refractivity contribution in [1.82, 2.24) is 10.2 Å². The average molecular weight is 514 g/mol. The van der Waals surface area contributed by atoms with Crippen LogP contribution in [0.5, 0.6) is 0 Å². The molecule has 1 saturated heterocycles. The van der Waals surface area contributed by atoms with E-state index in [0.29, 0.717) is 23.6 Å². The Kier molecular flexibility index (Phi) is 9.58. The second-order valence-corrected chi connectivity index (χ2v) is 10.3. The summed E-state index contributed by atoms with van der Waals surface area (Å²) in [6.45, 7) is 10.3. The molecule has 6 heteroatoms. The van der Waals surface area contributed by atoms with E-state index in [4.69, 9.17) is 0 Å². The summed E-state index contributed by atoms with van der Waals surface area (Å²) in [5, 5.41) is 3.02. The lowest BCUT2D eigenvalue weighted by Gasteiger charge is -2.30. The van der Waals surface area contributed by atoms with E-state index in [2.05, 4.69) is 16.8 Å². The fourth-order valence-electron chi connectivity index (χ4n) is 4.62. The second kappa shape index (κ2) is 13.3. The van der Waals surface area contributed by atoms with Gasteiger partial charge in [0, 0.05) is 17.0 Å². The molecule has 2 amide bonds. The molecule has 2 aliphatic rings. The zero-order chi connectivity index (χ0) is 26.0. The molecular weight excluding hydrogens is 478 g/mol. The lowest BCUT2D eigenvalue weighted by Crippen LogP contribution is -2.35. The number of allylic oxidation sites excluding steroid dienone is 3. The number of likely N-dealkylation sites (tertiary alicyclic amines) is 1. The molecule has 1 N–H and O–H groups in total. The molecule has 0 unspecified atom stereocenters. The summed E-state index contributed by atoms with van der Waals surface area (Å²) in [5.74, 6) is -0.0997. The Morgan fingerprint density at radius 3 is 2.59 bits per heavy atom. The second-order valence-electron chi connectivity index (χ2n) is 9.23. The highest BCUT2D eigenvalue weighted by Gasteiger charge is 2.29. The fraction of sp³-hybridized carbons (Fsp3) is 0.290. The van der Waals surface area contributed by atoms with Gasteiger partial charge in [-0.25, -0.2) is 0 Å². The number of fused-ring (bicyclic) bond motifs is 1. The van der Waals surface area contributed by atoms with E-state index in [1.165, 1.54) is 37.7 Å². The first-order valence-corrected chi connectivity index (χ1v) is 13.8. The van der Waals surface area contributed by atoms with E-state index in [1.54, 1.807) is 6.08 Å². The quantitative estimate of drug-likeness (QED) is 0.238. The van der Waals surface area contributed by atoms with Gasteiger partial charge in [0.2, 0.25) is 0 Å². The van der Waals surface area contributed by atoms with Crippen molar-refractivity contribution in [2.24, 2.45) is 0 Å². The molecule has 2 aliphatic heterocycles. The van der Waals surface area contributed by atoms with Crippen LogP contribution < -0.4 is 10.2 Å². The number of rotatable bonds is 10. The van der Waals surface area contributed by atoms with E-state index < -0.39 is 0 Å². The fourth-order valence-corrected chi connectivity index (χ4v) is 5.68. The van der Waals surface area contributed by atoms with Gasteiger partial charge in [0.25, 0.3) is 11.8 Å². The Hall–Kier alpha value is -3.35. The highest BCUT2D eigenvalue weighted by molar-refractivity contribution is 8.04. The van der Waals surface area contributed by atoms with Crippen LogP contribution in [-0.4, -0.2) is 49.4 Å². The first-order valence-electron chi connectivity index (χ1n) is 12.9. The molecule has 5 nitrogen and oxygen atoms in total. The monoisotopic (exact) mass is 513 g/mol. The number of hydrogen-bond acceptors (Lipinski definition) is 4. The zero-order valence-electron chi connectivity index (χ0n) is 21.5. The predicted octanol–water partition coefficient (Wildman–Crippen LogP) is 6.07. The summed E-state index contributed by atoms with van der Waals surface area (Å²) in [4.78, 5) is 32.1. The van der Waals surface area contributed by atoms with Crippen LogP contribution in [0.3, 0.4) is 0 Å². The highest BCUT2D eigenvalue weighted by Crippen LogP contribution is 2.42. The Labute approximate surface area is 224 Å². The van der Waals surface area contributed by atoms with Crippen molar-refractivity contribution in [2.75, 3.05) is 37.6 Å². The van der Waals surface area contributed by atoms with Crippen LogP contribution in [-0.2, 0) is 4.79 Å². The minimum Gasteiger partial charge on any atom is -0.352 e. The molecule has 0 aliphatic carbocycles. The van der Waals surface area contributed by atoms with E-state index in [1.807, 2.05) is 84.7 Å². The van der Waals surface area contributed by atoms with Gasteiger partial charge in [-0.05, 0) is 87.3 Å². The lowest BCUT2D eigenvalue weighted by molar-refractivity contribution is -0.114. The molecule has 4 rings (SSSR count). The molecule has 192 valence electrons. The van der Waals surface area contributed by atoms with Crippen molar-refractivity contribution in [3.63, 3.8) is 0 Å². The van der Waals surface area contributed by atoms with Crippen molar-refractivity contribution in [3.05, 3.63) is 101 Å². The van der Waals surface area contributed by atoms with Crippen LogP contribution >= 0.6 is 11.8 Å². The number of thioether (sulfide) groups is 1. The molecule has 2 aromatic carbocycles. The molecule has 0 atom stereocenters. The van der Waals surface area contributed by atoms with Gasteiger partial charge >= 0.3 is 0 Å². The molecular formula is C31H35N3O2S. The first kappa shape index (κ1) is 26.7. The number of para-hydroxylation sites is 1. The number of carbonyl (C=O) groups excluding carboxylic acids is 2. The van der Waals surface area contributed by atoms with E-state index in [-0.39, 0.29) is 11.8 Å². The van der Waals surface area contributed by atoms with Crippen molar-refractivity contribution in [3.8, 4) is 0 Å². The van der Waals surface area contributed by atoms with E-state index >= 15 is 0 Å². The van der Waals surface area contributed by atoms with E-state index in [9.17, 15) is 9.59 Å². The summed E-state index contributed by atoms with van der Waals surface area (Å²) in [7, 11) is 0. The van der Waals surface area contributed by atoms with E-state index in [0.717, 1.165) is 34.7 Å². The first-order chi connectivity index (χ1) is 18.1. The number of benzene rings is 2. The normalized spacial score (nSPS) is 17.4. The van der Waals surface area contributed by atoms with Crippen LogP contribution in [0.4, 0.5) is 5.69 Å². The number of hydrogen-bond donors (Lipinski definition) is 1. The smallest absolute Gasteiger partial charge is 0.265 e. The summed E-state index contributed by atoms with van der Waals surface area (Å²) < 4.78 is 0. The highest BCUT2D eigenvalue weighted by atomic mass is 32.2. The third-order valence-corrected chi connectivity index (χ3v) is 7.57. The van der Waals surface area contributed by atoms with Gasteiger partial charge in [-0.2, -0.15) is 0 Å². The Balaban J connectivity index is 1.44. The maximum atomic E-state index is 13.5.